The number of aliphatic hydroxyl groups is 1. The Hall–Kier alpha value is -3.99. The van der Waals surface area contributed by atoms with Crippen LogP contribution in [-0.4, -0.2) is 29.0 Å². The third kappa shape index (κ3) is 4.93. The molecule has 0 bridgehead atoms. The van der Waals surface area contributed by atoms with Gasteiger partial charge in [-0.05, 0) is 37.6 Å². The molecule has 1 heterocycles. The van der Waals surface area contributed by atoms with Gasteiger partial charge in [0.1, 0.15) is 29.1 Å². The van der Waals surface area contributed by atoms with E-state index in [1.165, 1.54) is 31.0 Å². The molecule has 0 aliphatic carbocycles. The van der Waals surface area contributed by atoms with Crippen molar-refractivity contribution in [2.24, 2.45) is 0 Å². The molecule has 2 atom stereocenters. The van der Waals surface area contributed by atoms with Gasteiger partial charge in [0, 0.05) is 48.0 Å². The zero-order chi connectivity index (χ0) is 27.9. The summed E-state index contributed by atoms with van der Waals surface area (Å²) >= 11 is 0. The van der Waals surface area contributed by atoms with Crippen LogP contribution in [0.15, 0.2) is 42.5 Å². The number of hydrogen-bond acceptors (Lipinski definition) is 3. The molecule has 11 heteroatoms. The highest BCUT2D eigenvalue weighted by Crippen LogP contribution is 2.38. The summed E-state index contributed by atoms with van der Waals surface area (Å²) in [5.74, 6) is -6.08. The summed E-state index contributed by atoms with van der Waals surface area (Å²) in [4.78, 5) is 28.5. The summed E-state index contributed by atoms with van der Waals surface area (Å²) in [5, 5.41) is 12.2. The number of carbonyl (C=O) groups is 2. The normalized spacial score (nSPS) is 15.9. The molecule has 0 spiro atoms. The standard InChI is InChI=1S/C27H24F5N3O3/c1-13-17-5-4-15(26(37)33-11-19-22(30)9-16(28)10-23(19)31)8-24(17)35(27(38)34(13)3)12-20-21(29)7-6-18(14(2)36)25(20)32/h4-10,13-14,36H,11-12H2,1-3H3,(H,33,37)/t13-,14?/m0/s1. The molecule has 200 valence electrons. The van der Waals surface area contributed by atoms with Gasteiger partial charge in [-0.2, -0.15) is 0 Å². The Balaban J connectivity index is 1.68. The van der Waals surface area contributed by atoms with Crippen LogP contribution >= 0.6 is 0 Å². The van der Waals surface area contributed by atoms with Gasteiger partial charge in [0.05, 0.1) is 24.4 Å². The van der Waals surface area contributed by atoms with Crippen LogP contribution in [0.5, 0.6) is 0 Å². The first kappa shape index (κ1) is 27.1. The molecule has 0 saturated carbocycles. The summed E-state index contributed by atoms with van der Waals surface area (Å²) < 4.78 is 70.8. The molecule has 3 aromatic rings. The van der Waals surface area contributed by atoms with Crippen molar-refractivity contribution >= 4 is 17.6 Å². The fraction of sp³-hybridized carbons (Fsp3) is 0.259. The predicted molar refractivity (Wildman–Crippen MR) is 129 cm³/mol. The Morgan fingerprint density at radius 1 is 1.00 bits per heavy atom. The molecule has 0 aromatic heterocycles. The van der Waals surface area contributed by atoms with E-state index in [1.807, 2.05) is 0 Å². The molecule has 1 aliphatic rings. The number of rotatable bonds is 6. The maximum absolute atomic E-state index is 15.1. The number of fused-ring (bicyclic) bond motifs is 1. The zero-order valence-electron chi connectivity index (χ0n) is 20.7. The van der Waals surface area contributed by atoms with Gasteiger partial charge in [-0.1, -0.05) is 12.1 Å². The van der Waals surface area contributed by atoms with Crippen molar-refractivity contribution in [3.05, 3.63) is 99.4 Å². The summed E-state index contributed by atoms with van der Waals surface area (Å²) in [6, 6.07) is 6.45. The number of nitrogens with zero attached hydrogens (tertiary/aromatic N) is 2. The van der Waals surface area contributed by atoms with Crippen LogP contribution in [-0.2, 0) is 13.1 Å². The smallest absolute Gasteiger partial charge is 0.325 e. The number of urea groups is 1. The number of amides is 3. The molecule has 38 heavy (non-hydrogen) atoms. The van der Waals surface area contributed by atoms with E-state index in [0.29, 0.717) is 17.7 Å². The van der Waals surface area contributed by atoms with Gasteiger partial charge < -0.3 is 15.3 Å². The Morgan fingerprint density at radius 2 is 1.66 bits per heavy atom. The number of benzene rings is 3. The average molecular weight is 533 g/mol. The predicted octanol–water partition coefficient (Wildman–Crippen LogP) is 5.50. The van der Waals surface area contributed by atoms with Crippen LogP contribution in [0.2, 0.25) is 0 Å². The molecule has 3 aromatic carbocycles. The first-order valence-electron chi connectivity index (χ1n) is 11.6. The number of aliphatic hydroxyl groups excluding tert-OH is 1. The van der Waals surface area contributed by atoms with E-state index >= 15 is 4.39 Å². The van der Waals surface area contributed by atoms with Gasteiger partial charge in [-0.3, -0.25) is 9.69 Å². The minimum Gasteiger partial charge on any atom is -0.389 e. The lowest BCUT2D eigenvalue weighted by Gasteiger charge is -2.39. The summed E-state index contributed by atoms with van der Waals surface area (Å²) in [6.07, 6.45) is -1.22. The number of halogens is 5. The van der Waals surface area contributed by atoms with Crippen LogP contribution in [0.1, 0.15) is 58.6 Å². The topological polar surface area (TPSA) is 72.9 Å². The van der Waals surface area contributed by atoms with Crippen molar-refractivity contribution < 1.29 is 36.6 Å². The van der Waals surface area contributed by atoms with Crippen LogP contribution < -0.4 is 10.2 Å². The van der Waals surface area contributed by atoms with E-state index in [-0.39, 0.29) is 16.8 Å². The Morgan fingerprint density at radius 3 is 2.29 bits per heavy atom. The third-order valence-corrected chi connectivity index (χ3v) is 6.66. The zero-order valence-corrected chi connectivity index (χ0v) is 20.7. The van der Waals surface area contributed by atoms with E-state index < -0.39 is 77.4 Å². The molecule has 1 aliphatic heterocycles. The van der Waals surface area contributed by atoms with Crippen molar-refractivity contribution in [3.8, 4) is 0 Å². The molecule has 0 radical (unpaired) electrons. The molecular formula is C27H24F5N3O3. The van der Waals surface area contributed by atoms with Crippen LogP contribution in [0.4, 0.5) is 32.4 Å². The van der Waals surface area contributed by atoms with Crippen molar-refractivity contribution in [3.63, 3.8) is 0 Å². The Labute approximate surface area is 215 Å². The van der Waals surface area contributed by atoms with E-state index in [0.717, 1.165) is 17.0 Å². The highest BCUT2D eigenvalue weighted by atomic mass is 19.2. The monoisotopic (exact) mass is 533 g/mol. The summed E-state index contributed by atoms with van der Waals surface area (Å²) in [5.41, 5.74) is -0.294. The van der Waals surface area contributed by atoms with E-state index in [1.54, 1.807) is 13.0 Å². The van der Waals surface area contributed by atoms with Crippen LogP contribution in [0.3, 0.4) is 0 Å². The minimum absolute atomic E-state index is 0.0138. The van der Waals surface area contributed by atoms with E-state index in [2.05, 4.69) is 5.32 Å². The van der Waals surface area contributed by atoms with Crippen molar-refractivity contribution in [2.75, 3.05) is 11.9 Å². The second kappa shape index (κ2) is 10.4. The average Bonchev–Trinajstić information content (AvgIpc) is 2.85. The van der Waals surface area contributed by atoms with Gasteiger partial charge in [0.25, 0.3) is 5.91 Å². The fourth-order valence-electron chi connectivity index (χ4n) is 4.35. The molecule has 4 rings (SSSR count). The van der Waals surface area contributed by atoms with Gasteiger partial charge in [-0.15, -0.1) is 0 Å². The number of hydrogen-bond donors (Lipinski definition) is 2. The lowest BCUT2D eigenvalue weighted by Crippen LogP contribution is -2.47. The highest BCUT2D eigenvalue weighted by molar-refractivity contribution is 5.99. The number of nitrogens with one attached hydrogen (secondary N) is 1. The van der Waals surface area contributed by atoms with Crippen molar-refractivity contribution in [2.45, 2.75) is 39.1 Å². The van der Waals surface area contributed by atoms with Gasteiger partial charge >= 0.3 is 6.03 Å². The SMILES string of the molecule is CC(O)c1ccc(F)c(CN2C(=O)N(C)[C@@H](C)c3ccc(C(=O)NCc4c(F)cc(F)cc4F)cc32)c1F. The quantitative estimate of drug-likeness (QED) is 0.411. The Kier molecular flexibility index (Phi) is 7.41. The van der Waals surface area contributed by atoms with Crippen LogP contribution in [0, 0.1) is 29.1 Å². The maximum atomic E-state index is 15.1. The number of anilines is 1. The lowest BCUT2D eigenvalue weighted by atomic mass is 9.97. The molecule has 2 N–H and O–H groups in total. The van der Waals surface area contributed by atoms with Gasteiger partial charge in [-0.25, -0.2) is 26.7 Å². The highest BCUT2D eigenvalue weighted by Gasteiger charge is 2.35. The molecule has 0 saturated heterocycles. The first-order valence-corrected chi connectivity index (χ1v) is 11.6. The first-order chi connectivity index (χ1) is 17.9. The lowest BCUT2D eigenvalue weighted by molar-refractivity contribution is 0.0950. The molecule has 6 nitrogen and oxygen atoms in total. The second-order valence-electron chi connectivity index (χ2n) is 9.06. The third-order valence-electron chi connectivity index (χ3n) is 6.66. The van der Waals surface area contributed by atoms with Crippen LogP contribution in [0.25, 0.3) is 0 Å². The van der Waals surface area contributed by atoms with Gasteiger partial charge in [0.2, 0.25) is 0 Å². The van der Waals surface area contributed by atoms with Gasteiger partial charge in [0.15, 0.2) is 0 Å². The number of carbonyl (C=O) groups excluding carboxylic acids is 2. The van der Waals surface area contributed by atoms with Crippen molar-refractivity contribution in [1.29, 1.82) is 0 Å². The van der Waals surface area contributed by atoms with E-state index in [4.69, 9.17) is 0 Å². The summed E-state index contributed by atoms with van der Waals surface area (Å²) in [7, 11) is 1.52. The Bertz CT molecular complexity index is 1410. The molecular weight excluding hydrogens is 509 g/mol. The largest absolute Gasteiger partial charge is 0.389 e. The molecule has 0 fully saturated rings. The fourth-order valence-corrected chi connectivity index (χ4v) is 4.35. The maximum Gasteiger partial charge on any atom is 0.325 e. The molecule has 3 amide bonds. The van der Waals surface area contributed by atoms with E-state index in [9.17, 15) is 32.3 Å². The minimum atomic E-state index is -1.22. The molecule has 1 unspecified atom stereocenters. The summed E-state index contributed by atoms with van der Waals surface area (Å²) in [6.45, 7) is 1.96. The second-order valence-corrected chi connectivity index (χ2v) is 9.06. The van der Waals surface area contributed by atoms with Crippen molar-refractivity contribution in [1.82, 2.24) is 10.2 Å².